The van der Waals surface area contributed by atoms with Gasteiger partial charge in [-0.05, 0) is 54.6 Å². The van der Waals surface area contributed by atoms with Gasteiger partial charge in [-0.3, -0.25) is 15.0 Å². The van der Waals surface area contributed by atoms with E-state index in [0.29, 0.717) is 37.8 Å². The summed E-state index contributed by atoms with van der Waals surface area (Å²) in [4.78, 5) is 25.0. The van der Waals surface area contributed by atoms with Gasteiger partial charge in [-0.15, -0.1) is 0 Å². The Morgan fingerprint density at radius 1 is 0.862 bits per heavy atom. The number of carbonyl (C=O) groups is 2. The molecule has 0 atom stereocenters. The fourth-order valence-corrected chi connectivity index (χ4v) is 3.44. The summed E-state index contributed by atoms with van der Waals surface area (Å²) in [6.45, 7) is 0. The molecule has 0 saturated carbocycles. The maximum absolute atomic E-state index is 12.7. The van der Waals surface area contributed by atoms with Crippen LogP contribution in [0.5, 0.6) is 0 Å². The van der Waals surface area contributed by atoms with Gasteiger partial charge in [0, 0.05) is 10.6 Å². The average molecular weight is 468 g/mol. The molecule has 0 aliphatic carbocycles. The van der Waals surface area contributed by atoms with Crippen LogP contribution in [0.2, 0.25) is 20.1 Å². The molecule has 3 aromatic rings. The molecular formula is C20H10Cl4N2O3. The lowest BCUT2D eigenvalue weighted by Crippen LogP contribution is -2.35. The minimum absolute atomic E-state index is 0.0887. The monoisotopic (exact) mass is 466 g/mol. The zero-order chi connectivity index (χ0) is 20.7. The van der Waals surface area contributed by atoms with E-state index in [4.69, 9.17) is 50.8 Å². The predicted octanol–water partition coefficient (Wildman–Crippen LogP) is 6.02. The second kappa shape index (κ2) is 7.76. The topological polar surface area (TPSA) is 62.6 Å². The number of anilines is 1. The molecule has 4 rings (SSSR count). The number of hydrogen-bond donors (Lipinski definition) is 1. The van der Waals surface area contributed by atoms with E-state index in [1.807, 2.05) is 0 Å². The van der Waals surface area contributed by atoms with Crippen LogP contribution in [0.1, 0.15) is 5.76 Å². The lowest BCUT2D eigenvalue weighted by atomic mass is 10.2. The van der Waals surface area contributed by atoms with Crippen molar-refractivity contribution in [1.29, 1.82) is 0 Å². The number of hydrazine groups is 1. The largest absolute Gasteiger partial charge is 0.457 e. The maximum Gasteiger partial charge on any atom is 0.282 e. The van der Waals surface area contributed by atoms with Crippen molar-refractivity contribution in [1.82, 2.24) is 5.43 Å². The van der Waals surface area contributed by atoms with E-state index in [0.717, 1.165) is 5.01 Å². The van der Waals surface area contributed by atoms with Crippen LogP contribution in [0, 0.1) is 0 Å². The van der Waals surface area contributed by atoms with Crippen molar-refractivity contribution in [2.24, 2.45) is 0 Å². The summed E-state index contributed by atoms with van der Waals surface area (Å²) in [7, 11) is 0. The van der Waals surface area contributed by atoms with Crippen molar-refractivity contribution in [2.45, 2.75) is 0 Å². The number of rotatable bonds is 3. The molecule has 0 spiro atoms. The molecule has 2 heterocycles. The van der Waals surface area contributed by atoms with Crippen LogP contribution < -0.4 is 10.4 Å². The van der Waals surface area contributed by atoms with Gasteiger partial charge in [-0.2, -0.15) is 0 Å². The summed E-state index contributed by atoms with van der Waals surface area (Å²) >= 11 is 24.1. The van der Waals surface area contributed by atoms with Gasteiger partial charge in [0.15, 0.2) is 0 Å². The molecule has 29 heavy (non-hydrogen) atoms. The Hall–Kier alpha value is -2.44. The lowest BCUT2D eigenvalue weighted by Gasteiger charge is -2.15. The number of halogens is 4. The van der Waals surface area contributed by atoms with Crippen molar-refractivity contribution in [2.75, 3.05) is 5.01 Å². The molecule has 9 heteroatoms. The standard InChI is InChI=1S/C20H10Cl4N2O3/c21-10-1-4-15(22)13(7-10)18-6-3-12(29-18)9-14-19(27)25-26(20(14)28)11-2-5-16(23)17(24)8-11/h1-9H,(H,25,27)/b14-9+. The summed E-state index contributed by atoms with van der Waals surface area (Å²) < 4.78 is 5.73. The molecule has 1 aromatic heterocycles. The molecule has 1 fully saturated rings. The van der Waals surface area contributed by atoms with Gasteiger partial charge >= 0.3 is 0 Å². The number of hydrogen-bond acceptors (Lipinski definition) is 3. The first kappa shape index (κ1) is 19.9. The molecule has 1 aliphatic rings. The first-order valence-electron chi connectivity index (χ1n) is 8.21. The van der Waals surface area contributed by atoms with Crippen LogP contribution >= 0.6 is 46.4 Å². The number of benzene rings is 2. The van der Waals surface area contributed by atoms with E-state index < -0.39 is 11.8 Å². The molecule has 0 radical (unpaired) electrons. The quantitative estimate of drug-likeness (QED) is 0.378. The summed E-state index contributed by atoms with van der Waals surface area (Å²) in [5.74, 6) is -0.353. The zero-order valence-corrected chi connectivity index (χ0v) is 17.4. The van der Waals surface area contributed by atoms with Crippen molar-refractivity contribution >= 4 is 70.0 Å². The highest BCUT2D eigenvalue weighted by molar-refractivity contribution is 6.42. The van der Waals surface area contributed by atoms with Gasteiger partial charge in [-0.1, -0.05) is 46.4 Å². The van der Waals surface area contributed by atoms with Gasteiger partial charge in [0.05, 0.1) is 20.8 Å². The van der Waals surface area contributed by atoms with Crippen molar-refractivity contribution in [3.05, 3.63) is 80.0 Å². The molecule has 2 amide bonds. The van der Waals surface area contributed by atoms with Gasteiger partial charge in [0.2, 0.25) is 0 Å². The molecule has 1 N–H and O–H groups in total. The first-order valence-corrected chi connectivity index (χ1v) is 9.72. The van der Waals surface area contributed by atoms with E-state index in [9.17, 15) is 9.59 Å². The Bertz CT molecular complexity index is 1190. The first-order chi connectivity index (χ1) is 13.8. The number of nitrogens with zero attached hydrogens (tertiary/aromatic N) is 1. The van der Waals surface area contributed by atoms with Gasteiger partial charge in [0.1, 0.15) is 17.1 Å². The Kier molecular flexibility index (Phi) is 5.32. The predicted molar refractivity (Wildman–Crippen MR) is 114 cm³/mol. The van der Waals surface area contributed by atoms with Crippen LogP contribution in [0.25, 0.3) is 17.4 Å². The van der Waals surface area contributed by atoms with Crippen LogP contribution in [-0.2, 0) is 9.59 Å². The Morgan fingerprint density at radius 3 is 2.38 bits per heavy atom. The van der Waals surface area contributed by atoms with Gasteiger partial charge < -0.3 is 4.42 Å². The molecule has 1 saturated heterocycles. The average Bonchev–Trinajstić information content (AvgIpc) is 3.26. The van der Waals surface area contributed by atoms with Crippen molar-refractivity contribution in [3.63, 3.8) is 0 Å². The second-order valence-corrected chi connectivity index (χ2v) is 7.72. The summed E-state index contributed by atoms with van der Waals surface area (Å²) in [6, 6.07) is 12.9. The van der Waals surface area contributed by atoms with Crippen molar-refractivity contribution < 1.29 is 14.0 Å². The SMILES string of the molecule is O=C1NN(c2ccc(Cl)c(Cl)c2)C(=O)/C1=C/c1ccc(-c2cc(Cl)ccc2Cl)o1. The number of furan rings is 1. The van der Waals surface area contributed by atoms with E-state index >= 15 is 0 Å². The second-order valence-electron chi connectivity index (χ2n) is 6.06. The molecular weight excluding hydrogens is 458 g/mol. The normalized spacial score (nSPS) is 15.3. The third-order valence-corrected chi connectivity index (χ3v) is 5.46. The van der Waals surface area contributed by atoms with E-state index in [1.165, 1.54) is 18.2 Å². The molecule has 2 aromatic carbocycles. The van der Waals surface area contributed by atoms with Gasteiger partial charge in [-0.25, -0.2) is 5.01 Å². The molecule has 0 unspecified atom stereocenters. The maximum atomic E-state index is 12.7. The highest BCUT2D eigenvalue weighted by atomic mass is 35.5. The lowest BCUT2D eigenvalue weighted by molar-refractivity contribution is -0.117. The third-order valence-electron chi connectivity index (χ3n) is 4.16. The Morgan fingerprint density at radius 2 is 1.62 bits per heavy atom. The van der Waals surface area contributed by atoms with E-state index in [2.05, 4.69) is 5.43 Å². The fourth-order valence-electron chi connectivity index (χ4n) is 2.77. The van der Waals surface area contributed by atoms with Crippen LogP contribution in [0.15, 0.2) is 58.5 Å². The summed E-state index contributed by atoms with van der Waals surface area (Å²) in [5.41, 5.74) is 3.38. The molecule has 146 valence electrons. The van der Waals surface area contributed by atoms with E-state index in [1.54, 1.807) is 36.4 Å². The van der Waals surface area contributed by atoms with Crippen LogP contribution in [-0.4, -0.2) is 11.8 Å². The minimum atomic E-state index is -0.570. The fraction of sp³-hybridized carbons (Fsp3) is 0. The van der Waals surface area contributed by atoms with Crippen LogP contribution in [0.3, 0.4) is 0 Å². The molecule has 0 bridgehead atoms. The minimum Gasteiger partial charge on any atom is -0.457 e. The highest BCUT2D eigenvalue weighted by Crippen LogP contribution is 2.33. The zero-order valence-electron chi connectivity index (χ0n) is 14.4. The molecule has 5 nitrogen and oxygen atoms in total. The summed E-state index contributed by atoms with van der Waals surface area (Å²) in [6.07, 6.45) is 1.36. The van der Waals surface area contributed by atoms with Gasteiger partial charge in [0.25, 0.3) is 11.8 Å². The molecule has 1 aliphatic heterocycles. The smallest absolute Gasteiger partial charge is 0.282 e. The van der Waals surface area contributed by atoms with E-state index in [-0.39, 0.29) is 10.6 Å². The highest BCUT2D eigenvalue weighted by Gasteiger charge is 2.35. The van der Waals surface area contributed by atoms with Crippen molar-refractivity contribution in [3.8, 4) is 11.3 Å². The summed E-state index contributed by atoms with van der Waals surface area (Å²) in [5, 5.41) is 2.66. The number of nitrogens with one attached hydrogen (secondary N) is 1. The number of amides is 2. The number of carbonyl (C=O) groups excluding carboxylic acids is 2. The van der Waals surface area contributed by atoms with Crippen LogP contribution in [0.4, 0.5) is 5.69 Å². The Labute approximate surface area is 185 Å². The third kappa shape index (κ3) is 3.87. The Balaban J connectivity index is 1.64.